The first-order valence-corrected chi connectivity index (χ1v) is 15.6. The summed E-state index contributed by atoms with van der Waals surface area (Å²) in [6.45, 7) is 1.87. The van der Waals surface area contributed by atoms with Gasteiger partial charge in [0.05, 0.1) is 17.7 Å². The van der Waals surface area contributed by atoms with Gasteiger partial charge in [0.25, 0.3) is 0 Å². The molecule has 10 heteroatoms. The van der Waals surface area contributed by atoms with Gasteiger partial charge in [0.2, 0.25) is 0 Å². The van der Waals surface area contributed by atoms with E-state index in [1.807, 2.05) is 37.3 Å². The van der Waals surface area contributed by atoms with Crippen molar-refractivity contribution in [2.45, 2.75) is 43.4 Å². The summed E-state index contributed by atoms with van der Waals surface area (Å²) >= 11 is 1.44. The van der Waals surface area contributed by atoms with Crippen molar-refractivity contribution < 1.29 is 38.1 Å². The number of rotatable bonds is 12. The van der Waals surface area contributed by atoms with Crippen molar-refractivity contribution in [2.24, 2.45) is 0 Å². The van der Waals surface area contributed by atoms with Crippen LogP contribution >= 0.6 is 11.8 Å². The van der Waals surface area contributed by atoms with Crippen LogP contribution in [0.5, 0.6) is 0 Å². The average Bonchev–Trinajstić information content (AvgIpc) is 3.09. The van der Waals surface area contributed by atoms with Gasteiger partial charge >= 0.3 is 17.9 Å². The van der Waals surface area contributed by atoms with Crippen LogP contribution in [0.4, 0.5) is 0 Å². The van der Waals surface area contributed by atoms with Crippen LogP contribution in [-0.4, -0.2) is 65.1 Å². The van der Waals surface area contributed by atoms with Crippen molar-refractivity contribution in [1.29, 1.82) is 0 Å². The molecule has 3 aromatic carbocycles. The highest BCUT2D eigenvalue weighted by Gasteiger charge is 2.52. The predicted molar refractivity (Wildman–Crippen MR) is 168 cm³/mol. The molecule has 0 saturated carbocycles. The Labute approximate surface area is 265 Å². The van der Waals surface area contributed by atoms with E-state index < -0.39 is 47.8 Å². The molecule has 1 fully saturated rings. The zero-order valence-corrected chi connectivity index (χ0v) is 25.4. The molecule has 0 amide bonds. The third kappa shape index (κ3) is 8.57. The molecule has 0 N–H and O–H groups in total. The summed E-state index contributed by atoms with van der Waals surface area (Å²) in [5.41, 5.74) is 0.953. The second-order valence-corrected chi connectivity index (χ2v) is 11.4. The number of hydrogen-bond acceptors (Lipinski definition) is 10. The molecular weight excluding hydrogens is 594 g/mol. The van der Waals surface area contributed by atoms with Crippen LogP contribution in [0.3, 0.4) is 0 Å². The molecule has 0 spiro atoms. The highest BCUT2D eigenvalue weighted by molar-refractivity contribution is 7.99. The van der Waals surface area contributed by atoms with Crippen LogP contribution in [0.15, 0.2) is 115 Å². The van der Waals surface area contributed by atoms with E-state index in [0.717, 1.165) is 5.56 Å². The smallest absolute Gasteiger partial charge is 0.357 e. The lowest BCUT2D eigenvalue weighted by Gasteiger charge is -2.44. The molecule has 4 aromatic rings. The van der Waals surface area contributed by atoms with Crippen molar-refractivity contribution in [3.63, 3.8) is 0 Å². The van der Waals surface area contributed by atoms with Crippen LogP contribution in [-0.2, 0) is 30.3 Å². The van der Waals surface area contributed by atoms with Gasteiger partial charge in [-0.2, -0.15) is 0 Å². The van der Waals surface area contributed by atoms with Gasteiger partial charge < -0.3 is 23.7 Å². The first-order chi connectivity index (χ1) is 22.0. The summed E-state index contributed by atoms with van der Waals surface area (Å²) in [4.78, 5) is 43.9. The second-order valence-electron chi connectivity index (χ2n) is 10.0. The van der Waals surface area contributed by atoms with Crippen molar-refractivity contribution in [2.75, 3.05) is 12.4 Å². The number of pyridine rings is 1. The lowest BCUT2D eigenvalue weighted by atomic mass is 9.98. The Kier molecular flexibility index (Phi) is 11.3. The normalized spacial score (nSPS) is 21.0. The molecule has 0 aliphatic carbocycles. The third-order valence-corrected chi connectivity index (χ3v) is 8.01. The molecule has 9 nitrogen and oxygen atoms in total. The molecule has 0 radical (unpaired) electrons. The van der Waals surface area contributed by atoms with Crippen molar-refractivity contribution in [1.82, 2.24) is 4.98 Å². The number of nitrogens with zero attached hydrogens (tertiary/aromatic N) is 1. The van der Waals surface area contributed by atoms with Gasteiger partial charge in [0.1, 0.15) is 29.9 Å². The van der Waals surface area contributed by atoms with E-state index in [9.17, 15) is 14.4 Å². The van der Waals surface area contributed by atoms with E-state index in [1.165, 1.54) is 24.0 Å². The van der Waals surface area contributed by atoms with Gasteiger partial charge in [0, 0.05) is 6.20 Å². The number of ether oxygens (including phenoxy) is 5. The zero-order chi connectivity index (χ0) is 31.4. The van der Waals surface area contributed by atoms with Crippen LogP contribution in [0, 0.1) is 0 Å². The Balaban J connectivity index is 1.49. The van der Waals surface area contributed by atoms with Gasteiger partial charge in [-0.3, -0.25) is 0 Å². The molecule has 5 rings (SSSR count). The summed E-state index contributed by atoms with van der Waals surface area (Å²) in [5, 5.41) is 0. The summed E-state index contributed by atoms with van der Waals surface area (Å²) in [6.07, 6.45) is -2.72. The standard InChI is InChI=1S/C35H33NO8S/c1-2-45-35-31(40-22-24-14-6-3-7-15-24)30(44-34(39)27-20-12-13-21-36-27)29(43-33(38)26-18-10-5-11-19-26)28(42-35)23-41-32(37)25-16-8-4-9-17-25/h3-21,28-31,35H,2,22-23H2,1H3/t28-,29-,30+,31+,35-/m1/s1. The molecule has 2 heterocycles. The van der Waals surface area contributed by atoms with Crippen molar-refractivity contribution in [3.05, 3.63) is 138 Å². The van der Waals surface area contributed by atoms with E-state index >= 15 is 0 Å². The Morgan fingerprint density at radius 3 is 1.93 bits per heavy atom. The molecule has 45 heavy (non-hydrogen) atoms. The van der Waals surface area contributed by atoms with E-state index in [4.69, 9.17) is 23.7 Å². The molecule has 1 aliphatic heterocycles. The highest BCUT2D eigenvalue weighted by Crippen LogP contribution is 2.35. The van der Waals surface area contributed by atoms with E-state index in [2.05, 4.69) is 4.98 Å². The van der Waals surface area contributed by atoms with E-state index in [-0.39, 0.29) is 18.9 Å². The molecule has 1 saturated heterocycles. The van der Waals surface area contributed by atoms with E-state index in [1.54, 1.807) is 72.8 Å². The fraction of sp³-hybridized carbons (Fsp3) is 0.257. The first-order valence-electron chi connectivity index (χ1n) is 14.6. The first kappa shape index (κ1) is 31.9. The average molecular weight is 628 g/mol. The van der Waals surface area contributed by atoms with Crippen LogP contribution < -0.4 is 0 Å². The summed E-state index contributed by atoms with van der Waals surface area (Å²) in [7, 11) is 0. The SMILES string of the molecule is CCS[C@H]1O[C@H](COC(=O)c2ccccc2)[C@@H](OC(=O)c2ccccc2)[C@H](OC(=O)c2ccccn2)[C@@H]1OCc1ccccc1. The minimum atomic E-state index is -1.21. The number of esters is 3. The number of carbonyl (C=O) groups excluding carboxylic acids is 3. The molecule has 232 valence electrons. The van der Waals surface area contributed by atoms with Gasteiger partial charge in [-0.05, 0) is 47.7 Å². The lowest BCUT2D eigenvalue weighted by molar-refractivity contribution is -0.221. The number of benzene rings is 3. The van der Waals surface area contributed by atoms with Crippen molar-refractivity contribution in [3.8, 4) is 0 Å². The molecular formula is C35H33NO8S. The largest absolute Gasteiger partial charge is 0.459 e. The molecule has 1 aliphatic rings. The van der Waals surface area contributed by atoms with Crippen LogP contribution in [0.2, 0.25) is 0 Å². The Hall–Kier alpha value is -4.51. The molecule has 0 unspecified atom stereocenters. The van der Waals surface area contributed by atoms with Gasteiger partial charge in [-0.1, -0.05) is 79.7 Å². The topological polar surface area (TPSA) is 110 Å². The highest BCUT2D eigenvalue weighted by atomic mass is 32.2. The van der Waals surface area contributed by atoms with Gasteiger partial charge in [0.15, 0.2) is 12.2 Å². The Morgan fingerprint density at radius 1 is 0.711 bits per heavy atom. The second kappa shape index (κ2) is 16.0. The fourth-order valence-corrected chi connectivity index (χ4v) is 5.75. The van der Waals surface area contributed by atoms with Crippen LogP contribution in [0.1, 0.15) is 43.7 Å². The summed E-state index contributed by atoms with van der Waals surface area (Å²) < 4.78 is 30.6. The maximum absolute atomic E-state index is 13.4. The van der Waals surface area contributed by atoms with Crippen LogP contribution in [0.25, 0.3) is 0 Å². The quantitative estimate of drug-likeness (QED) is 0.142. The number of thioether (sulfide) groups is 1. The molecule has 1 aromatic heterocycles. The molecule has 0 bridgehead atoms. The fourth-order valence-electron chi connectivity index (χ4n) is 4.78. The number of carbonyl (C=O) groups is 3. The summed E-state index contributed by atoms with van der Waals surface area (Å²) in [6, 6.07) is 31.4. The zero-order valence-electron chi connectivity index (χ0n) is 24.6. The minimum absolute atomic E-state index is 0.0747. The predicted octanol–water partition coefficient (Wildman–Crippen LogP) is 5.75. The maximum atomic E-state index is 13.4. The number of aromatic nitrogens is 1. The van der Waals surface area contributed by atoms with Gasteiger partial charge in [-0.25, -0.2) is 19.4 Å². The Morgan fingerprint density at radius 2 is 1.31 bits per heavy atom. The number of hydrogen-bond donors (Lipinski definition) is 0. The molecule has 5 atom stereocenters. The van der Waals surface area contributed by atoms with Crippen molar-refractivity contribution >= 4 is 29.7 Å². The summed E-state index contributed by atoms with van der Waals surface area (Å²) in [5.74, 6) is -1.32. The van der Waals surface area contributed by atoms with E-state index in [0.29, 0.717) is 16.9 Å². The monoisotopic (exact) mass is 627 g/mol. The Bertz CT molecular complexity index is 1520. The minimum Gasteiger partial charge on any atom is -0.459 e. The lowest BCUT2D eigenvalue weighted by Crippen LogP contribution is -2.61. The van der Waals surface area contributed by atoms with Gasteiger partial charge in [-0.15, -0.1) is 11.8 Å². The maximum Gasteiger partial charge on any atom is 0.357 e. The third-order valence-electron chi connectivity index (χ3n) is 6.97.